The second-order valence-corrected chi connectivity index (χ2v) is 11.8. The Bertz CT molecular complexity index is 1520. The molecule has 3 aromatic carbocycles. The van der Waals surface area contributed by atoms with Gasteiger partial charge in [-0.3, -0.25) is 9.10 Å². The molecule has 0 spiro atoms. The minimum atomic E-state index is -4.32. The fourth-order valence-corrected chi connectivity index (χ4v) is 6.64. The lowest BCUT2D eigenvalue weighted by molar-refractivity contribution is -0.121. The van der Waals surface area contributed by atoms with Crippen molar-refractivity contribution in [2.45, 2.75) is 49.6 Å². The number of anilines is 1. The molecule has 1 aliphatic rings. The number of carbonyl (C=O) groups is 1. The minimum Gasteiger partial charge on any atom is -0.497 e. The van der Waals surface area contributed by atoms with Crippen LogP contribution in [0.5, 0.6) is 28.7 Å². The molecule has 1 atom stereocenters. The largest absolute Gasteiger partial charge is 0.497 e. The van der Waals surface area contributed by atoms with E-state index in [0.29, 0.717) is 23.7 Å². The van der Waals surface area contributed by atoms with Crippen molar-refractivity contribution in [2.75, 3.05) is 39.3 Å². The number of amides is 1. The monoisotopic (exact) mass is 598 g/mol. The molecular weight excluding hydrogens is 560 g/mol. The van der Waals surface area contributed by atoms with Crippen LogP contribution in [-0.4, -0.2) is 54.9 Å². The summed E-state index contributed by atoms with van der Waals surface area (Å²) in [5.74, 6) is 1.46. The topological polar surface area (TPSA) is 113 Å². The summed E-state index contributed by atoms with van der Waals surface area (Å²) in [6.07, 6.45) is 2.06. The number of para-hydroxylation sites is 1. The van der Waals surface area contributed by atoms with E-state index in [2.05, 4.69) is 19.2 Å². The smallest absolute Gasteiger partial charge is 0.265 e. The molecule has 4 rings (SSSR count). The second kappa shape index (κ2) is 12.8. The third-order valence-electron chi connectivity index (χ3n) is 7.71. The highest BCUT2D eigenvalue weighted by atomic mass is 32.2. The van der Waals surface area contributed by atoms with Gasteiger partial charge in [0, 0.05) is 24.1 Å². The van der Waals surface area contributed by atoms with E-state index >= 15 is 0 Å². The van der Waals surface area contributed by atoms with E-state index in [-0.39, 0.29) is 28.1 Å². The predicted molar refractivity (Wildman–Crippen MR) is 160 cm³/mol. The zero-order valence-electron chi connectivity index (χ0n) is 24.8. The van der Waals surface area contributed by atoms with Gasteiger partial charge < -0.3 is 29.0 Å². The van der Waals surface area contributed by atoms with Crippen molar-refractivity contribution in [1.82, 2.24) is 5.32 Å². The maximum atomic E-state index is 14.2. The summed E-state index contributed by atoms with van der Waals surface area (Å²) >= 11 is 0. The second-order valence-electron chi connectivity index (χ2n) is 9.92. The average Bonchev–Trinajstić information content (AvgIpc) is 3.02. The van der Waals surface area contributed by atoms with Crippen molar-refractivity contribution in [2.24, 2.45) is 0 Å². The van der Waals surface area contributed by atoms with Crippen molar-refractivity contribution in [1.29, 1.82) is 0 Å². The Morgan fingerprint density at radius 1 is 0.905 bits per heavy atom. The van der Waals surface area contributed by atoms with Gasteiger partial charge in [-0.25, -0.2) is 8.42 Å². The number of hydrogen-bond donors (Lipinski definition) is 1. The maximum Gasteiger partial charge on any atom is 0.265 e. The highest BCUT2D eigenvalue weighted by molar-refractivity contribution is 7.92. The molecule has 0 radical (unpaired) electrons. The maximum absolute atomic E-state index is 14.2. The zero-order valence-corrected chi connectivity index (χ0v) is 25.6. The molecule has 0 aliphatic carbocycles. The number of hydrogen-bond acceptors (Lipinski definition) is 8. The van der Waals surface area contributed by atoms with Crippen LogP contribution in [0.25, 0.3) is 0 Å². The van der Waals surface area contributed by atoms with Gasteiger partial charge in [0.1, 0.15) is 29.4 Å². The summed E-state index contributed by atoms with van der Waals surface area (Å²) < 4.78 is 57.4. The fourth-order valence-electron chi connectivity index (χ4n) is 5.20. The van der Waals surface area contributed by atoms with Crippen LogP contribution in [0.2, 0.25) is 0 Å². The van der Waals surface area contributed by atoms with Crippen molar-refractivity contribution >= 4 is 21.6 Å². The van der Waals surface area contributed by atoms with E-state index in [9.17, 15) is 13.2 Å². The van der Waals surface area contributed by atoms with Crippen LogP contribution in [-0.2, 0) is 14.8 Å². The van der Waals surface area contributed by atoms with E-state index in [1.54, 1.807) is 12.1 Å². The Morgan fingerprint density at radius 2 is 1.57 bits per heavy atom. The normalized spacial score (nSPS) is 15.5. The molecule has 226 valence electrons. The third-order valence-corrected chi connectivity index (χ3v) is 9.46. The summed E-state index contributed by atoms with van der Waals surface area (Å²) in [7, 11) is 1.47. The number of methoxy groups -OCH3 is 4. The van der Waals surface area contributed by atoms with Crippen LogP contribution in [0.4, 0.5) is 5.69 Å². The van der Waals surface area contributed by atoms with E-state index in [0.717, 1.165) is 22.7 Å². The lowest BCUT2D eigenvalue weighted by Gasteiger charge is -2.41. The van der Waals surface area contributed by atoms with Crippen LogP contribution < -0.4 is 33.3 Å². The minimum absolute atomic E-state index is 0.0924. The predicted octanol–water partition coefficient (Wildman–Crippen LogP) is 5.12. The number of fused-ring (bicyclic) bond motifs is 1. The van der Waals surface area contributed by atoms with E-state index in [4.69, 9.17) is 23.7 Å². The van der Waals surface area contributed by atoms with Crippen molar-refractivity contribution in [3.63, 3.8) is 0 Å². The van der Waals surface area contributed by atoms with Crippen LogP contribution in [0.15, 0.2) is 65.6 Å². The van der Waals surface area contributed by atoms with E-state index in [1.165, 1.54) is 52.7 Å². The van der Waals surface area contributed by atoms with Crippen LogP contribution in [0.3, 0.4) is 0 Å². The van der Waals surface area contributed by atoms with E-state index < -0.39 is 28.1 Å². The van der Waals surface area contributed by atoms with Crippen LogP contribution >= 0.6 is 0 Å². The Hall–Kier alpha value is -4.12. The summed E-state index contributed by atoms with van der Waals surface area (Å²) in [5.41, 5.74) is 0.538. The quantitative estimate of drug-likeness (QED) is 0.306. The van der Waals surface area contributed by atoms with Gasteiger partial charge in [-0.15, -0.1) is 0 Å². The molecule has 11 heteroatoms. The van der Waals surface area contributed by atoms with Crippen molar-refractivity contribution < 1.29 is 36.9 Å². The first kappa shape index (κ1) is 30.8. The lowest BCUT2D eigenvalue weighted by atomic mass is 9.83. The van der Waals surface area contributed by atoms with Crippen LogP contribution in [0, 0.1) is 0 Å². The molecule has 10 nitrogen and oxygen atoms in total. The molecule has 3 aromatic rings. The molecule has 0 fully saturated rings. The van der Waals surface area contributed by atoms with Gasteiger partial charge >= 0.3 is 0 Å². The first-order chi connectivity index (χ1) is 20.1. The first-order valence-electron chi connectivity index (χ1n) is 13.7. The molecule has 0 saturated carbocycles. The van der Waals surface area contributed by atoms with E-state index in [1.807, 2.05) is 24.3 Å². The zero-order chi connectivity index (χ0) is 30.5. The molecule has 1 aliphatic heterocycles. The number of ether oxygens (including phenoxy) is 5. The molecule has 0 saturated heterocycles. The lowest BCUT2D eigenvalue weighted by Crippen LogP contribution is -2.47. The Morgan fingerprint density at radius 3 is 2.21 bits per heavy atom. The molecule has 0 unspecified atom stereocenters. The molecular formula is C31H38N2O8S. The Labute approximate surface area is 247 Å². The highest BCUT2D eigenvalue weighted by Crippen LogP contribution is 2.43. The Balaban J connectivity index is 1.76. The molecule has 42 heavy (non-hydrogen) atoms. The van der Waals surface area contributed by atoms with Crippen molar-refractivity contribution in [3.8, 4) is 28.7 Å². The van der Waals surface area contributed by atoms with Gasteiger partial charge in [-0.05, 0) is 43.2 Å². The van der Waals surface area contributed by atoms with Gasteiger partial charge in [0.2, 0.25) is 5.91 Å². The fraction of sp³-hybridized carbons (Fsp3) is 0.387. The number of nitrogens with one attached hydrogen (secondary N) is 1. The molecule has 0 aromatic heterocycles. The number of benzene rings is 3. The van der Waals surface area contributed by atoms with Gasteiger partial charge in [-0.1, -0.05) is 32.0 Å². The first-order valence-corrected chi connectivity index (χ1v) is 15.1. The molecule has 0 bridgehead atoms. The van der Waals surface area contributed by atoms with Gasteiger partial charge in [0.05, 0.1) is 45.1 Å². The summed E-state index contributed by atoms with van der Waals surface area (Å²) in [6, 6.07) is 16.2. The summed E-state index contributed by atoms with van der Waals surface area (Å²) in [6.45, 7) is 3.59. The van der Waals surface area contributed by atoms with Crippen molar-refractivity contribution in [3.05, 3.63) is 66.2 Å². The Kier molecular flexibility index (Phi) is 9.40. The third kappa shape index (κ3) is 6.06. The number of carbonyl (C=O) groups excluding carboxylic acids is 1. The standard InChI is InChI=1S/C31H38N2O8S/c1-7-31(8-2)19-24(23-11-9-10-12-26(23)41-31)32-30(34)20-33(25-17-21(37-3)13-15-27(25)38-4)42(35,36)22-14-16-28(39-5)29(18-22)40-6/h9-18,24H,7-8,19-20H2,1-6H3,(H,32,34)/t24-/m0/s1. The van der Waals surface area contributed by atoms with Gasteiger partial charge in [-0.2, -0.15) is 0 Å². The molecule has 1 amide bonds. The number of sulfonamides is 1. The van der Waals surface area contributed by atoms with Gasteiger partial charge in [0.15, 0.2) is 11.5 Å². The summed E-state index contributed by atoms with van der Waals surface area (Å²) in [5, 5.41) is 3.09. The average molecular weight is 599 g/mol. The molecule has 1 N–H and O–H groups in total. The number of nitrogens with zero attached hydrogens (tertiary/aromatic N) is 1. The van der Waals surface area contributed by atoms with Gasteiger partial charge in [0.25, 0.3) is 10.0 Å². The molecule has 1 heterocycles. The van der Waals surface area contributed by atoms with Crippen LogP contribution in [0.1, 0.15) is 44.7 Å². The summed E-state index contributed by atoms with van der Waals surface area (Å²) in [4.78, 5) is 13.7. The number of rotatable bonds is 12. The highest BCUT2D eigenvalue weighted by Gasteiger charge is 2.39. The SMILES string of the molecule is CCC1(CC)C[C@H](NC(=O)CN(c2cc(OC)ccc2OC)S(=O)(=O)c2ccc(OC)c(OC)c2)c2ccccc2O1.